The Bertz CT molecular complexity index is 654. The summed E-state index contributed by atoms with van der Waals surface area (Å²) in [6.07, 6.45) is 1.24. The molecular weight excluding hydrogens is 319 g/mol. The molecule has 0 saturated carbocycles. The highest BCUT2D eigenvalue weighted by molar-refractivity contribution is 5.31. The number of piperazine rings is 1. The van der Waals surface area contributed by atoms with Crippen LogP contribution in [-0.4, -0.2) is 52.6 Å². The van der Waals surface area contributed by atoms with Crippen LogP contribution < -0.4 is 4.90 Å². The molecule has 24 heavy (non-hydrogen) atoms. The molecule has 0 amide bonds. The lowest BCUT2D eigenvalue weighted by Gasteiger charge is -2.34. The van der Waals surface area contributed by atoms with Crippen molar-refractivity contribution in [3.05, 3.63) is 48.0 Å². The van der Waals surface area contributed by atoms with Gasteiger partial charge in [0.05, 0.1) is 0 Å². The molecule has 0 spiro atoms. The van der Waals surface area contributed by atoms with Gasteiger partial charge >= 0.3 is 6.18 Å². The van der Waals surface area contributed by atoms with Gasteiger partial charge in [-0.2, -0.15) is 13.2 Å². The zero-order valence-electron chi connectivity index (χ0n) is 13.1. The van der Waals surface area contributed by atoms with Crippen molar-refractivity contribution in [2.75, 3.05) is 37.6 Å². The Morgan fingerprint density at radius 3 is 2.50 bits per heavy atom. The minimum absolute atomic E-state index is 0.150. The number of halogens is 3. The Labute approximate surface area is 138 Å². The largest absolute Gasteiger partial charge is 0.433 e. The molecule has 1 saturated heterocycles. The first-order valence-electron chi connectivity index (χ1n) is 7.79. The van der Waals surface area contributed by atoms with E-state index >= 15 is 0 Å². The summed E-state index contributed by atoms with van der Waals surface area (Å²) >= 11 is 0. The first-order valence-corrected chi connectivity index (χ1v) is 7.79. The third-order valence-electron chi connectivity index (χ3n) is 4.03. The van der Waals surface area contributed by atoms with Crippen molar-refractivity contribution in [2.24, 2.45) is 0 Å². The summed E-state index contributed by atoms with van der Waals surface area (Å²) < 4.78 is 38.2. The van der Waals surface area contributed by atoms with Gasteiger partial charge < -0.3 is 4.90 Å². The normalized spacial score (nSPS) is 16.4. The standard InChI is InChI=1S/C16H18F3N5/c17-16(18,19)14-3-6-21-15(22-14)24-10-8-23(9-11-24)7-4-13-2-1-5-20-12-13/h1-3,5-6,12H,4,7-11H2. The van der Waals surface area contributed by atoms with E-state index in [-0.39, 0.29) is 5.95 Å². The Balaban J connectivity index is 1.53. The summed E-state index contributed by atoms with van der Waals surface area (Å²) in [6, 6.07) is 4.85. The van der Waals surface area contributed by atoms with Gasteiger partial charge in [0.1, 0.15) is 5.69 Å². The van der Waals surface area contributed by atoms with Gasteiger partial charge in [0, 0.05) is 51.3 Å². The molecule has 0 radical (unpaired) electrons. The number of aromatic nitrogens is 3. The Morgan fingerprint density at radius 2 is 1.83 bits per heavy atom. The first-order chi connectivity index (χ1) is 11.5. The Hall–Kier alpha value is -2.22. The molecule has 0 aromatic carbocycles. The smallest absolute Gasteiger partial charge is 0.338 e. The van der Waals surface area contributed by atoms with Crippen molar-refractivity contribution in [1.82, 2.24) is 19.9 Å². The zero-order valence-corrected chi connectivity index (χ0v) is 13.1. The van der Waals surface area contributed by atoms with Crippen molar-refractivity contribution in [1.29, 1.82) is 0 Å². The van der Waals surface area contributed by atoms with Crippen LogP contribution in [0.5, 0.6) is 0 Å². The fraction of sp³-hybridized carbons (Fsp3) is 0.438. The number of hydrogen-bond donors (Lipinski definition) is 0. The molecule has 0 unspecified atom stereocenters. The van der Waals surface area contributed by atoms with Crippen LogP contribution in [0.25, 0.3) is 0 Å². The highest BCUT2D eigenvalue weighted by atomic mass is 19.4. The van der Waals surface area contributed by atoms with E-state index in [9.17, 15) is 13.2 Å². The van der Waals surface area contributed by atoms with Crippen LogP contribution in [0.15, 0.2) is 36.8 Å². The third-order valence-corrected chi connectivity index (χ3v) is 4.03. The second-order valence-electron chi connectivity index (χ2n) is 5.68. The maximum absolute atomic E-state index is 12.7. The van der Waals surface area contributed by atoms with Crippen molar-refractivity contribution < 1.29 is 13.2 Å². The summed E-state index contributed by atoms with van der Waals surface area (Å²) in [5.74, 6) is 0.150. The summed E-state index contributed by atoms with van der Waals surface area (Å²) in [4.78, 5) is 15.8. The molecular formula is C16H18F3N5. The molecule has 8 heteroatoms. The van der Waals surface area contributed by atoms with E-state index in [1.165, 1.54) is 11.8 Å². The number of rotatable bonds is 4. The maximum Gasteiger partial charge on any atom is 0.433 e. The third kappa shape index (κ3) is 4.19. The molecule has 0 aliphatic carbocycles. The average molecular weight is 337 g/mol. The summed E-state index contributed by atoms with van der Waals surface area (Å²) in [5.41, 5.74) is 0.285. The lowest BCUT2D eigenvalue weighted by atomic mass is 10.2. The minimum atomic E-state index is -4.44. The van der Waals surface area contributed by atoms with Gasteiger partial charge in [-0.25, -0.2) is 9.97 Å². The van der Waals surface area contributed by atoms with E-state index in [4.69, 9.17) is 0 Å². The Morgan fingerprint density at radius 1 is 1.04 bits per heavy atom. The maximum atomic E-state index is 12.7. The molecule has 3 heterocycles. The van der Waals surface area contributed by atoms with Crippen LogP contribution in [-0.2, 0) is 12.6 Å². The number of nitrogens with zero attached hydrogens (tertiary/aromatic N) is 5. The highest BCUT2D eigenvalue weighted by Crippen LogP contribution is 2.28. The molecule has 1 aliphatic rings. The van der Waals surface area contributed by atoms with E-state index in [1.54, 1.807) is 11.1 Å². The van der Waals surface area contributed by atoms with Gasteiger partial charge in [0.25, 0.3) is 0 Å². The van der Waals surface area contributed by atoms with E-state index < -0.39 is 11.9 Å². The second-order valence-corrected chi connectivity index (χ2v) is 5.68. The highest BCUT2D eigenvalue weighted by Gasteiger charge is 2.33. The molecule has 0 N–H and O–H groups in total. The molecule has 3 rings (SSSR count). The lowest BCUT2D eigenvalue weighted by Crippen LogP contribution is -2.47. The number of alkyl halides is 3. The SMILES string of the molecule is FC(F)(F)c1ccnc(N2CCN(CCc3cccnc3)CC2)n1. The van der Waals surface area contributed by atoms with Gasteiger partial charge in [-0.1, -0.05) is 6.07 Å². The Kier molecular flexibility index (Phi) is 4.94. The fourth-order valence-corrected chi connectivity index (χ4v) is 2.66. The number of hydrogen-bond acceptors (Lipinski definition) is 5. The molecule has 2 aromatic rings. The summed E-state index contributed by atoms with van der Waals surface area (Å²) in [7, 11) is 0. The summed E-state index contributed by atoms with van der Waals surface area (Å²) in [5, 5.41) is 0. The van der Waals surface area contributed by atoms with Crippen LogP contribution in [0, 0.1) is 0 Å². The monoisotopic (exact) mass is 337 g/mol. The fourth-order valence-electron chi connectivity index (χ4n) is 2.66. The van der Waals surface area contributed by atoms with E-state index in [0.29, 0.717) is 13.1 Å². The molecule has 5 nitrogen and oxygen atoms in total. The van der Waals surface area contributed by atoms with E-state index in [1.807, 2.05) is 18.3 Å². The van der Waals surface area contributed by atoms with Crippen molar-refractivity contribution >= 4 is 5.95 Å². The summed E-state index contributed by atoms with van der Waals surface area (Å²) in [6.45, 7) is 3.70. The molecule has 0 bridgehead atoms. The van der Waals surface area contributed by atoms with Crippen LogP contribution >= 0.6 is 0 Å². The topological polar surface area (TPSA) is 45.2 Å². The van der Waals surface area contributed by atoms with Crippen LogP contribution in [0.1, 0.15) is 11.3 Å². The van der Waals surface area contributed by atoms with E-state index in [0.717, 1.165) is 32.1 Å². The lowest BCUT2D eigenvalue weighted by molar-refractivity contribution is -0.141. The van der Waals surface area contributed by atoms with Gasteiger partial charge in [-0.05, 0) is 24.1 Å². The first kappa shape index (κ1) is 16.6. The molecule has 1 fully saturated rings. The van der Waals surface area contributed by atoms with Gasteiger partial charge in [-0.3, -0.25) is 9.88 Å². The van der Waals surface area contributed by atoms with Crippen molar-refractivity contribution in [2.45, 2.75) is 12.6 Å². The van der Waals surface area contributed by atoms with Gasteiger partial charge in [0.2, 0.25) is 5.95 Å². The minimum Gasteiger partial charge on any atom is -0.338 e. The zero-order chi connectivity index (χ0) is 17.0. The number of anilines is 1. The van der Waals surface area contributed by atoms with Crippen LogP contribution in [0.2, 0.25) is 0 Å². The van der Waals surface area contributed by atoms with Crippen LogP contribution in [0.4, 0.5) is 19.1 Å². The second kappa shape index (κ2) is 7.12. The average Bonchev–Trinajstić information content (AvgIpc) is 2.61. The molecule has 0 atom stereocenters. The van der Waals surface area contributed by atoms with E-state index in [2.05, 4.69) is 19.9 Å². The molecule has 128 valence electrons. The van der Waals surface area contributed by atoms with Gasteiger partial charge in [-0.15, -0.1) is 0 Å². The van der Waals surface area contributed by atoms with Crippen molar-refractivity contribution in [3.63, 3.8) is 0 Å². The molecule has 1 aliphatic heterocycles. The predicted molar refractivity (Wildman–Crippen MR) is 83.6 cm³/mol. The quantitative estimate of drug-likeness (QED) is 0.856. The van der Waals surface area contributed by atoms with Gasteiger partial charge in [0.15, 0.2) is 0 Å². The van der Waals surface area contributed by atoms with Crippen molar-refractivity contribution in [3.8, 4) is 0 Å². The molecule has 2 aromatic heterocycles. The number of pyridine rings is 1. The van der Waals surface area contributed by atoms with Crippen LogP contribution in [0.3, 0.4) is 0 Å². The predicted octanol–water partition coefficient (Wildman–Crippen LogP) is 2.26.